The van der Waals surface area contributed by atoms with E-state index >= 15 is 0 Å². The molecule has 1 aromatic rings. The van der Waals surface area contributed by atoms with E-state index in [0.717, 1.165) is 12.3 Å². The quantitative estimate of drug-likeness (QED) is 0.541. The van der Waals surface area contributed by atoms with Crippen LogP contribution in [0.1, 0.15) is 0 Å². The van der Waals surface area contributed by atoms with Crippen LogP contribution in [-0.2, 0) is 9.84 Å². The van der Waals surface area contributed by atoms with Crippen LogP contribution in [0.3, 0.4) is 0 Å². The number of halogens is 4. The first-order valence-electron chi connectivity index (χ1n) is 3.18. The Bertz CT molecular complexity index is 439. The molecule has 1 heterocycles. The molecule has 0 spiro atoms. The Kier molecular flexibility index (Phi) is 2.49. The number of alkyl halides is 3. The molecule has 0 radical (unpaired) electrons. The first-order chi connectivity index (χ1) is 6.27. The summed E-state index contributed by atoms with van der Waals surface area (Å²) in [4.78, 5) is 1.35. The number of hydrogen-bond acceptors (Lipinski definition) is 3. The maximum atomic E-state index is 12.6. The van der Waals surface area contributed by atoms with E-state index in [0.29, 0.717) is 6.07 Å². The third-order valence-corrected chi connectivity index (χ3v) is 2.81. The Morgan fingerprint density at radius 2 is 1.86 bits per heavy atom. The highest BCUT2D eigenvalue weighted by Crippen LogP contribution is 2.30. The van der Waals surface area contributed by atoms with Crippen LogP contribution < -0.4 is 0 Å². The summed E-state index contributed by atoms with van der Waals surface area (Å²) in [5.41, 5.74) is -5.52. The van der Waals surface area contributed by atoms with Crippen molar-refractivity contribution in [2.45, 2.75) is 10.4 Å². The number of aromatic nitrogens is 1. The summed E-state index contributed by atoms with van der Waals surface area (Å²) >= 11 is 0. The maximum absolute atomic E-state index is 12.6. The van der Waals surface area contributed by atoms with Crippen molar-refractivity contribution in [2.24, 2.45) is 0 Å². The van der Waals surface area contributed by atoms with Crippen molar-refractivity contribution in [1.29, 1.82) is 0 Å². The van der Waals surface area contributed by atoms with E-state index in [1.165, 1.54) is 0 Å². The van der Waals surface area contributed by atoms with Gasteiger partial charge in [-0.2, -0.15) is 17.6 Å². The monoisotopic (exact) mass is 229 g/mol. The Balaban J connectivity index is 3.40. The fourth-order valence-electron chi connectivity index (χ4n) is 0.696. The lowest BCUT2D eigenvalue weighted by molar-refractivity contribution is -0.0438. The number of nitrogens with zero attached hydrogens (tertiary/aromatic N) is 1. The lowest BCUT2D eigenvalue weighted by Crippen LogP contribution is -2.24. The van der Waals surface area contributed by atoms with Gasteiger partial charge in [0.05, 0.1) is 0 Å². The second-order valence-electron chi connectivity index (χ2n) is 2.24. The number of hydrogen-bond donors (Lipinski definition) is 0. The molecule has 0 atom stereocenters. The van der Waals surface area contributed by atoms with Crippen molar-refractivity contribution in [3.63, 3.8) is 0 Å². The molecule has 0 aliphatic rings. The van der Waals surface area contributed by atoms with Gasteiger partial charge in [0.2, 0.25) is 5.95 Å². The number of rotatable bonds is 1. The minimum atomic E-state index is -5.64. The highest BCUT2D eigenvalue weighted by Gasteiger charge is 2.48. The molecule has 8 heteroatoms. The van der Waals surface area contributed by atoms with Crippen LogP contribution in [0.4, 0.5) is 17.6 Å². The molecule has 0 amide bonds. The van der Waals surface area contributed by atoms with Crippen molar-refractivity contribution in [2.75, 3.05) is 0 Å². The molecule has 3 nitrogen and oxygen atoms in total. The molecule has 14 heavy (non-hydrogen) atoms. The van der Waals surface area contributed by atoms with Crippen molar-refractivity contribution in [3.8, 4) is 0 Å². The van der Waals surface area contributed by atoms with Crippen LogP contribution >= 0.6 is 0 Å². The van der Waals surface area contributed by atoms with Crippen LogP contribution in [0.5, 0.6) is 0 Å². The van der Waals surface area contributed by atoms with Gasteiger partial charge in [-0.15, -0.1) is 0 Å². The lowest BCUT2D eigenvalue weighted by atomic mass is 10.5. The first-order valence-corrected chi connectivity index (χ1v) is 4.67. The SMILES string of the molecule is O=S(=O)(c1cccnc1F)C(F)(F)F. The van der Waals surface area contributed by atoms with Gasteiger partial charge in [0.15, 0.2) is 0 Å². The number of sulfone groups is 1. The summed E-state index contributed by atoms with van der Waals surface area (Å²) in [6.07, 6.45) is 0.852. The fourth-order valence-corrected chi connectivity index (χ4v) is 1.48. The molecule has 78 valence electrons. The van der Waals surface area contributed by atoms with Gasteiger partial charge in [-0.1, -0.05) is 0 Å². The molecule has 0 aliphatic carbocycles. The van der Waals surface area contributed by atoms with Gasteiger partial charge >= 0.3 is 5.51 Å². The molecule has 0 saturated carbocycles. The van der Waals surface area contributed by atoms with E-state index in [9.17, 15) is 26.0 Å². The minimum Gasteiger partial charge on any atom is -0.227 e. The van der Waals surface area contributed by atoms with Gasteiger partial charge in [-0.05, 0) is 12.1 Å². The average Bonchev–Trinajstić information content (AvgIpc) is 2.02. The Hall–Kier alpha value is -1.18. The van der Waals surface area contributed by atoms with Crippen LogP contribution in [-0.4, -0.2) is 18.9 Å². The third kappa shape index (κ3) is 1.69. The molecule has 0 aromatic carbocycles. The van der Waals surface area contributed by atoms with Gasteiger partial charge in [0, 0.05) is 6.20 Å². The van der Waals surface area contributed by atoms with Gasteiger partial charge in [-0.3, -0.25) is 0 Å². The number of pyridine rings is 1. The predicted molar refractivity (Wildman–Crippen MR) is 37.4 cm³/mol. The van der Waals surface area contributed by atoms with E-state index in [1.54, 1.807) is 0 Å². The first kappa shape index (κ1) is 10.9. The highest BCUT2D eigenvalue weighted by atomic mass is 32.2. The smallest absolute Gasteiger partial charge is 0.227 e. The van der Waals surface area contributed by atoms with Crippen LogP contribution in [0.25, 0.3) is 0 Å². The van der Waals surface area contributed by atoms with E-state index in [4.69, 9.17) is 0 Å². The van der Waals surface area contributed by atoms with Crippen molar-refractivity contribution < 1.29 is 26.0 Å². The zero-order chi connectivity index (χ0) is 11.0. The molecule has 0 N–H and O–H groups in total. The molecule has 0 aliphatic heterocycles. The van der Waals surface area contributed by atoms with E-state index in [1.807, 2.05) is 0 Å². The largest absolute Gasteiger partial charge is 0.502 e. The summed E-state index contributed by atoms with van der Waals surface area (Å²) in [5.74, 6) is -1.66. The van der Waals surface area contributed by atoms with Crippen molar-refractivity contribution >= 4 is 9.84 Å². The standard InChI is InChI=1S/C6H3F4NO2S/c7-5-4(2-1-3-11-5)14(12,13)6(8,9)10/h1-3H. The second kappa shape index (κ2) is 3.19. The summed E-state index contributed by atoms with van der Waals surface area (Å²) < 4.78 is 69.7. The second-order valence-corrected chi connectivity index (χ2v) is 4.15. The Morgan fingerprint density at radius 3 is 2.29 bits per heavy atom. The summed E-state index contributed by atoms with van der Waals surface area (Å²) in [7, 11) is -5.64. The fraction of sp³-hybridized carbons (Fsp3) is 0.167. The zero-order valence-corrected chi connectivity index (χ0v) is 7.23. The molecule has 0 unspecified atom stereocenters. The van der Waals surface area contributed by atoms with Gasteiger partial charge in [-0.25, -0.2) is 13.4 Å². The van der Waals surface area contributed by atoms with Gasteiger partial charge in [0.25, 0.3) is 9.84 Å². The minimum absolute atomic E-state index is 0.505. The summed E-state index contributed by atoms with van der Waals surface area (Å²) in [6, 6.07) is 1.41. The lowest BCUT2D eigenvalue weighted by Gasteiger charge is -2.07. The maximum Gasteiger partial charge on any atom is 0.502 e. The van der Waals surface area contributed by atoms with Crippen molar-refractivity contribution in [3.05, 3.63) is 24.3 Å². The van der Waals surface area contributed by atoms with Crippen LogP contribution in [0, 0.1) is 5.95 Å². The molecule has 1 aromatic heterocycles. The summed E-state index contributed by atoms with van der Waals surface area (Å²) in [6.45, 7) is 0. The van der Waals surface area contributed by atoms with Gasteiger partial charge in [0.1, 0.15) is 4.90 Å². The van der Waals surface area contributed by atoms with Crippen LogP contribution in [0.15, 0.2) is 23.2 Å². The average molecular weight is 229 g/mol. The van der Waals surface area contributed by atoms with Crippen molar-refractivity contribution in [1.82, 2.24) is 4.98 Å². The molecule has 0 bridgehead atoms. The Morgan fingerprint density at radius 1 is 1.29 bits per heavy atom. The third-order valence-electron chi connectivity index (χ3n) is 1.32. The molecular formula is C6H3F4NO2S. The predicted octanol–water partition coefficient (Wildman–Crippen LogP) is 1.51. The van der Waals surface area contributed by atoms with E-state index in [2.05, 4.69) is 4.98 Å². The van der Waals surface area contributed by atoms with E-state index < -0.39 is 26.2 Å². The van der Waals surface area contributed by atoms with E-state index in [-0.39, 0.29) is 0 Å². The Labute approximate surface area is 76.3 Å². The molecule has 0 saturated heterocycles. The zero-order valence-electron chi connectivity index (χ0n) is 6.42. The molecular weight excluding hydrogens is 226 g/mol. The molecule has 1 rings (SSSR count). The summed E-state index contributed by atoms with van der Waals surface area (Å²) in [5, 5.41) is 0. The highest BCUT2D eigenvalue weighted by molar-refractivity contribution is 7.92. The van der Waals surface area contributed by atoms with Crippen LogP contribution in [0.2, 0.25) is 0 Å². The topological polar surface area (TPSA) is 47.0 Å². The molecule has 0 fully saturated rings. The normalized spacial score (nSPS) is 12.9. The van der Waals surface area contributed by atoms with Gasteiger partial charge < -0.3 is 0 Å².